The smallest absolute Gasteiger partial charge is 0.433 e. The molecule has 0 atom stereocenters. The van der Waals surface area contributed by atoms with E-state index in [9.17, 15) is 26.4 Å². The quantitative estimate of drug-likeness (QED) is 0.313. The van der Waals surface area contributed by atoms with Crippen LogP contribution in [0.3, 0.4) is 0 Å². The molecule has 2 aliphatic heterocycles. The molecular formula is C33H37F3N4O4S. The van der Waals surface area contributed by atoms with Crippen LogP contribution >= 0.6 is 0 Å². The van der Waals surface area contributed by atoms with E-state index in [1.165, 1.54) is 10.4 Å². The fourth-order valence-corrected chi connectivity index (χ4v) is 6.64. The number of fused-ring (bicyclic) bond motifs is 2. The molecule has 0 radical (unpaired) electrons. The predicted molar refractivity (Wildman–Crippen MR) is 168 cm³/mol. The van der Waals surface area contributed by atoms with Crippen LogP contribution in [0.5, 0.6) is 0 Å². The van der Waals surface area contributed by atoms with E-state index in [-0.39, 0.29) is 28.4 Å². The highest BCUT2D eigenvalue weighted by molar-refractivity contribution is 7.92. The number of nitrogens with one attached hydrogen (secondary N) is 1. The molecule has 2 aromatic carbocycles. The Morgan fingerprint density at radius 2 is 1.64 bits per heavy atom. The molecule has 1 aromatic heterocycles. The molecule has 240 valence electrons. The summed E-state index contributed by atoms with van der Waals surface area (Å²) in [5.41, 5.74) is 1.57. The molecule has 0 unspecified atom stereocenters. The monoisotopic (exact) mass is 642 g/mol. The van der Waals surface area contributed by atoms with Gasteiger partial charge in [0.05, 0.1) is 22.8 Å². The van der Waals surface area contributed by atoms with Crippen molar-refractivity contribution < 1.29 is 31.1 Å². The van der Waals surface area contributed by atoms with Gasteiger partial charge in [-0.3, -0.25) is 4.31 Å². The first-order valence-corrected chi connectivity index (χ1v) is 16.1. The van der Waals surface area contributed by atoms with Crippen LogP contribution in [-0.2, 0) is 32.9 Å². The number of hydrogen-bond acceptors (Lipinski definition) is 6. The third kappa shape index (κ3) is 6.95. The highest BCUT2D eigenvalue weighted by Crippen LogP contribution is 2.42. The van der Waals surface area contributed by atoms with Gasteiger partial charge in [-0.1, -0.05) is 51.1 Å². The Bertz CT molecular complexity index is 1760. The van der Waals surface area contributed by atoms with Crippen molar-refractivity contribution in [2.75, 3.05) is 22.7 Å². The number of halogens is 3. The van der Waals surface area contributed by atoms with Gasteiger partial charge in [-0.15, -0.1) is 0 Å². The lowest BCUT2D eigenvalue weighted by atomic mass is 9.87. The van der Waals surface area contributed by atoms with Gasteiger partial charge in [0.25, 0.3) is 10.0 Å². The number of sulfonamides is 1. The minimum absolute atomic E-state index is 0.0556. The molecule has 3 aromatic rings. The van der Waals surface area contributed by atoms with Crippen LogP contribution < -0.4 is 9.62 Å². The molecule has 0 fully saturated rings. The largest absolute Gasteiger partial charge is 0.444 e. The summed E-state index contributed by atoms with van der Waals surface area (Å²) >= 11 is 0. The lowest BCUT2D eigenvalue weighted by Crippen LogP contribution is -2.39. The van der Waals surface area contributed by atoms with Gasteiger partial charge in [0.15, 0.2) is 0 Å². The molecule has 0 saturated carbocycles. The lowest BCUT2D eigenvalue weighted by Gasteiger charge is -2.30. The standard InChI is InChI=1S/C33H37F3N4O4S/c1-31(2,3)24-9-11-25(12-10-24)45(42,43)40-20-23-8-14-28(33(34,35)36)38-29(23)37-26-13-7-22(19-27(26)40)21-15-17-39(18-16-21)30(41)44-32(4,5)6/h7-15,19H,16-18,20H2,1-6H3,(H,37,38). The number of ether oxygens (including phenoxy) is 1. The van der Waals surface area contributed by atoms with Gasteiger partial charge < -0.3 is 15.0 Å². The average Bonchev–Trinajstić information content (AvgIpc) is 3.12. The van der Waals surface area contributed by atoms with Gasteiger partial charge in [-0.05, 0) is 79.6 Å². The highest BCUT2D eigenvalue weighted by Gasteiger charge is 2.36. The second-order valence-corrected chi connectivity index (χ2v) is 15.1. The van der Waals surface area contributed by atoms with E-state index in [2.05, 4.69) is 10.3 Å². The van der Waals surface area contributed by atoms with E-state index in [1.807, 2.05) is 26.8 Å². The van der Waals surface area contributed by atoms with Crippen molar-refractivity contribution in [3.8, 4) is 0 Å². The Labute approximate surface area is 262 Å². The summed E-state index contributed by atoms with van der Waals surface area (Å²) in [5.74, 6) is -0.0653. The molecule has 0 bridgehead atoms. The number of rotatable bonds is 3. The van der Waals surface area contributed by atoms with Crippen LogP contribution in [0.1, 0.15) is 70.3 Å². The maximum Gasteiger partial charge on any atom is 0.433 e. The first kappa shape index (κ1) is 32.3. The Balaban J connectivity index is 1.56. The maximum atomic E-state index is 14.2. The molecule has 0 aliphatic carbocycles. The fraction of sp³-hybridized carbons (Fsp3) is 0.394. The molecule has 12 heteroatoms. The zero-order valence-corrected chi connectivity index (χ0v) is 26.9. The Morgan fingerprint density at radius 1 is 0.956 bits per heavy atom. The number of pyridine rings is 1. The minimum atomic E-state index is -4.67. The summed E-state index contributed by atoms with van der Waals surface area (Å²) < 4.78 is 75.8. The predicted octanol–water partition coefficient (Wildman–Crippen LogP) is 7.87. The Kier molecular flexibility index (Phi) is 8.18. The molecule has 0 spiro atoms. The zero-order valence-electron chi connectivity index (χ0n) is 26.1. The third-order valence-electron chi connectivity index (χ3n) is 7.64. The molecule has 1 amide bonds. The number of nitrogens with zero attached hydrogens (tertiary/aromatic N) is 3. The van der Waals surface area contributed by atoms with Crippen molar-refractivity contribution in [1.29, 1.82) is 0 Å². The molecular weight excluding hydrogens is 605 g/mol. The van der Waals surface area contributed by atoms with Gasteiger partial charge in [-0.2, -0.15) is 13.2 Å². The summed E-state index contributed by atoms with van der Waals surface area (Å²) in [6, 6.07) is 13.9. The third-order valence-corrected chi connectivity index (χ3v) is 9.42. The van der Waals surface area contributed by atoms with Crippen LogP contribution in [0.15, 0.2) is 65.6 Å². The number of alkyl halides is 3. The number of anilines is 3. The summed E-state index contributed by atoms with van der Waals surface area (Å²) in [6.07, 6.45) is -2.68. The molecule has 3 heterocycles. The second-order valence-electron chi connectivity index (χ2n) is 13.3. The van der Waals surface area contributed by atoms with Gasteiger partial charge in [0, 0.05) is 18.7 Å². The van der Waals surface area contributed by atoms with Gasteiger partial charge in [0.1, 0.15) is 17.1 Å². The lowest BCUT2D eigenvalue weighted by molar-refractivity contribution is -0.141. The van der Waals surface area contributed by atoms with Gasteiger partial charge >= 0.3 is 12.3 Å². The molecule has 5 rings (SSSR count). The number of amides is 1. The molecule has 8 nitrogen and oxygen atoms in total. The molecule has 1 N–H and O–H groups in total. The van der Waals surface area contributed by atoms with Crippen molar-refractivity contribution in [2.24, 2.45) is 0 Å². The second kappa shape index (κ2) is 11.4. The van der Waals surface area contributed by atoms with Crippen molar-refractivity contribution >= 4 is 38.9 Å². The average molecular weight is 643 g/mol. The number of aromatic nitrogens is 1. The summed E-state index contributed by atoms with van der Waals surface area (Å²) in [7, 11) is -4.17. The highest BCUT2D eigenvalue weighted by atomic mass is 32.2. The summed E-state index contributed by atoms with van der Waals surface area (Å²) in [5, 5.41) is 2.97. The topological polar surface area (TPSA) is 91.8 Å². The molecule has 0 saturated heterocycles. The number of carbonyl (C=O) groups is 1. The Hall–Kier alpha value is -4.06. The van der Waals surface area contributed by atoms with E-state index >= 15 is 0 Å². The van der Waals surface area contributed by atoms with E-state index in [4.69, 9.17) is 4.74 Å². The zero-order chi connectivity index (χ0) is 32.9. The van der Waals surface area contributed by atoms with Crippen LogP contribution in [0.4, 0.5) is 35.2 Å². The number of carbonyl (C=O) groups excluding carboxylic acids is 1. The first-order chi connectivity index (χ1) is 20.8. The van der Waals surface area contributed by atoms with Crippen LogP contribution in [-0.4, -0.2) is 43.1 Å². The van der Waals surface area contributed by atoms with Crippen molar-refractivity contribution in [3.63, 3.8) is 0 Å². The van der Waals surface area contributed by atoms with Crippen LogP contribution in [0.2, 0.25) is 0 Å². The molecule has 45 heavy (non-hydrogen) atoms. The van der Waals surface area contributed by atoms with Crippen LogP contribution in [0, 0.1) is 0 Å². The normalized spacial score (nSPS) is 15.8. The summed E-state index contributed by atoms with van der Waals surface area (Å²) in [4.78, 5) is 18.0. The SMILES string of the molecule is CC(C)(C)OC(=O)N1CC=C(c2ccc3c(c2)N(S(=O)(=O)c2ccc(C(C)(C)C)cc2)Cc2ccc(C(F)(F)F)nc2N3)CC1. The van der Waals surface area contributed by atoms with Gasteiger partial charge in [-0.25, -0.2) is 18.2 Å². The number of hydrogen-bond donors (Lipinski definition) is 1. The van der Waals surface area contributed by atoms with Crippen molar-refractivity contribution in [2.45, 2.75) is 76.6 Å². The van der Waals surface area contributed by atoms with E-state index < -0.39 is 33.6 Å². The van der Waals surface area contributed by atoms with Crippen molar-refractivity contribution in [1.82, 2.24) is 9.88 Å². The fourth-order valence-electron chi connectivity index (χ4n) is 5.18. The van der Waals surface area contributed by atoms with Crippen molar-refractivity contribution in [3.05, 3.63) is 83.1 Å². The first-order valence-electron chi connectivity index (χ1n) is 14.6. The van der Waals surface area contributed by atoms with E-state index in [1.54, 1.807) is 68.1 Å². The maximum absolute atomic E-state index is 14.2. The van der Waals surface area contributed by atoms with E-state index in [0.29, 0.717) is 30.8 Å². The Morgan fingerprint density at radius 3 is 2.22 bits per heavy atom. The van der Waals surface area contributed by atoms with E-state index in [0.717, 1.165) is 22.8 Å². The molecule has 2 aliphatic rings. The summed E-state index contributed by atoms with van der Waals surface area (Å²) in [6.45, 7) is 12.0. The van der Waals surface area contributed by atoms with Crippen LogP contribution in [0.25, 0.3) is 5.57 Å². The number of benzene rings is 2. The van der Waals surface area contributed by atoms with Gasteiger partial charge in [0.2, 0.25) is 0 Å². The minimum Gasteiger partial charge on any atom is -0.444 e.